The highest BCUT2D eigenvalue weighted by atomic mass is 35.5. The van der Waals surface area contributed by atoms with Crippen LogP contribution in [0.3, 0.4) is 0 Å². The van der Waals surface area contributed by atoms with E-state index in [0.29, 0.717) is 21.9 Å². The molecule has 0 saturated carbocycles. The van der Waals surface area contributed by atoms with Crippen molar-refractivity contribution in [1.29, 1.82) is 0 Å². The second kappa shape index (κ2) is 11.1. The Bertz CT molecular complexity index is 1260. The van der Waals surface area contributed by atoms with Crippen LogP contribution in [0, 0.1) is 24.0 Å². The van der Waals surface area contributed by atoms with Gasteiger partial charge in [-0.15, -0.1) is 0 Å². The van der Waals surface area contributed by atoms with Crippen LogP contribution in [-0.4, -0.2) is 29.6 Å². The Balaban J connectivity index is 1.49. The fourth-order valence-corrected chi connectivity index (χ4v) is 2.96. The maximum atomic E-state index is 12.3. The monoisotopic (exact) mass is 481 g/mol. The first-order valence-corrected chi connectivity index (χ1v) is 10.4. The molecule has 3 rings (SSSR count). The molecule has 0 radical (unpaired) electrons. The van der Waals surface area contributed by atoms with Crippen molar-refractivity contribution in [1.82, 2.24) is 5.43 Å². The third-order valence-electron chi connectivity index (χ3n) is 4.62. The molecule has 0 aliphatic heterocycles. The molecule has 174 valence electrons. The van der Waals surface area contributed by atoms with Gasteiger partial charge in [-0.25, -0.2) is 10.2 Å². The van der Waals surface area contributed by atoms with E-state index in [1.807, 2.05) is 6.92 Å². The van der Waals surface area contributed by atoms with E-state index in [1.165, 1.54) is 24.4 Å². The Morgan fingerprint density at radius 3 is 2.38 bits per heavy atom. The van der Waals surface area contributed by atoms with Gasteiger partial charge in [0.1, 0.15) is 11.5 Å². The summed E-state index contributed by atoms with van der Waals surface area (Å²) in [6, 6.07) is 15.5. The van der Waals surface area contributed by atoms with Crippen LogP contribution in [0.2, 0.25) is 5.02 Å². The number of benzene rings is 3. The van der Waals surface area contributed by atoms with Crippen LogP contribution in [0.1, 0.15) is 27.0 Å². The van der Waals surface area contributed by atoms with Crippen LogP contribution < -0.4 is 14.9 Å². The number of amides is 1. The van der Waals surface area contributed by atoms with Gasteiger partial charge in [-0.1, -0.05) is 11.6 Å². The number of esters is 1. The van der Waals surface area contributed by atoms with Crippen LogP contribution in [0.5, 0.6) is 11.5 Å². The van der Waals surface area contributed by atoms with Crippen molar-refractivity contribution in [3.05, 3.63) is 98.1 Å². The molecule has 0 aromatic heterocycles. The Morgan fingerprint density at radius 1 is 1.03 bits per heavy atom. The number of hydrogen-bond acceptors (Lipinski definition) is 7. The summed E-state index contributed by atoms with van der Waals surface area (Å²) in [4.78, 5) is 34.6. The lowest BCUT2D eigenvalue weighted by molar-refractivity contribution is -0.385. The zero-order valence-electron chi connectivity index (χ0n) is 18.3. The molecule has 0 fully saturated rings. The lowest BCUT2D eigenvalue weighted by atomic mass is 10.1. The van der Waals surface area contributed by atoms with Gasteiger partial charge in [0, 0.05) is 16.7 Å². The highest BCUT2D eigenvalue weighted by Gasteiger charge is 2.15. The third kappa shape index (κ3) is 6.63. The molecule has 3 aromatic rings. The number of hydrazone groups is 1. The minimum absolute atomic E-state index is 0.0704. The molecule has 0 saturated heterocycles. The predicted molar refractivity (Wildman–Crippen MR) is 127 cm³/mol. The number of nitro benzene ring substituents is 1. The van der Waals surface area contributed by atoms with Gasteiger partial charge in [0.25, 0.3) is 11.6 Å². The second-order valence-electron chi connectivity index (χ2n) is 7.21. The number of carbonyl (C=O) groups excluding carboxylic acids is 2. The quantitative estimate of drug-likeness (QED) is 0.165. The first kappa shape index (κ1) is 24.4. The normalized spacial score (nSPS) is 10.7. The minimum atomic E-state index is -0.637. The highest BCUT2D eigenvalue weighted by molar-refractivity contribution is 6.31. The summed E-state index contributed by atoms with van der Waals surface area (Å²) in [5.74, 6) is -0.265. The van der Waals surface area contributed by atoms with Gasteiger partial charge in [-0.3, -0.25) is 14.9 Å². The molecule has 0 atom stereocenters. The summed E-state index contributed by atoms with van der Waals surface area (Å²) >= 11 is 5.95. The van der Waals surface area contributed by atoms with Crippen LogP contribution in [0.15, 0.2) is 65.8 Å². The zero-order chi connectivity index (χ0) is 24.7. The van der Waals surface area contributed by atoms with Crippen molar-refractivity contribution < 1.29 is 24.0 Å². The summed E-state index contributed by atoms with van der Waals surface area (Å²) in [6.07, 6.45) is 1.43. The predicted octanol–water partition coefficient (Wildman–Crippen LogP) is 4.61. The number of ether oxygens (including phenoxy) is 2. The Kier molecular flexibility index (Phi) is 7.94. The smallest absolute Gasteiger partial charge is 0.343 e. The van der Waals surface area contributed by atoms with Gasteiger partial charge in [0.05, 0.1) is 16.7 Å². The standard InChI is InChI=1S/C24H20ClN3O6/c1-15-12-20(8-9-21(15)25)33-14-23(29)27-26-13-17-3-6-19(7-4-17)34-24(30)18-5-10-22(28(31)32)16(2)11-18/h3-13H,14H2,1-2H3,(H,27,29)/b26-13+. The Hall–Kier alpha value is -4.24. The lowest BCUT2D eigenvalue weighted by Crippen LogP contribution is -2.24. The van der Waals surface area contributed by atoms with E-state index in [0.717, 1.165) is 5.56 Å². The van der Waals surface area contributed by atoms with Crippen molar-refractivity contribution in [2.24, 2.45) is 5.10 Å². The SMILES string of the molecule is Cc1cc(OCC(=O)N/N=C/c2ccc(OC(=O)c3ccc([N+](=O)[O-])c(C)c3)cc2)ccc1Cl. The van der Waals surface area contributed by atoms with Crippen LogP contribution in [0.25, 0.3) is 0 Å². The lowest BCUT2D eigenvalue weighted by Gasteiger charge is -2.07. The molecule has 9 nitrogen and oxygen atoms in total. The molecule has 0 spiro atoms. The molecule has 0 unspecified atom stereocenters. The highest BCUT2D eigenvalue weighted by Crippen LogP contribution is 2.21. The van der Waals surface area contributed by atoms with Gasteiger partial charge in [-0.05, 0) is 79.6 Å². The number of nitrogens with zero attached hydrogens (tertiary/aromatic N) is 2. The third-order valence-corrected chi connectivity index (χ3v) is 5.05. The molecule has 0 aliphatic rings. The average molecular weight is 482 g/mol. The molecule has 34 heavy (non-hydrogen) atoms. The molecule has 10 heteroatoms. The van der Waals surface area contributed by atoms with Crippen molar-refractivity contribution in [3.8, 4) is 11.5 Å². The molecular formula is C24H20ClN3O6. The first-order valence-electron chi connectivity index (χ1n) is 10.0. The maximum Gasteiger partial charge on any atom is 0.343 e. The van der Waals surface area contributed by atoms with Crippen molar-refractivity contribution in [3.63, 3.8) is 0 Å². The van der Waals surface area contributed by atoms with Gasteiger partial charge in [-0.2, -0.15) is 5.10 Å². The summed E-state index contributed by atoms with van der Waals surface area (Å²) in [5, 5.41) is 15.4. The van der Waals surface area contributed by atoms with E-state index in [4.69, 9.17) is 21.1 Å². The number of nitro groups is 1. The van der Waals surface area contributed by atoms with Crippen molar-refractivity contribution in [2.45, 2.75) is 13.8 Å². The Labute approximate surface area is 200 Å². The number of aryl methyl sites for hydroxylation is 2. The molecular weight excluding hydrogens is 462 g/mol. The van der Waals surface area contributed by atoms with Crippen LogP contribution >= 0.6 is 11.6 Å². The van der Waals surface area contributed by atoms with Gasteiger partial charge >= 0.3 is 5.97 Å². The molecule has 1 amide bonds. The van der Waals surface area contributed by atoms with Crippen LogP contribution in [0.4, 0.5) is 5.69 Å². The van der Waals surface area contributed by atoms with Crippen molar-refractivity contribution in [2.75, 3.05) is 6.61 Å². The molecule has 0 aliphatic carbocycles. The minimum Gasteiger partial charge on any atom is -0.484 e. The van der Waals surface area contributed by atoms with E-state index in [-0.39, 0.29) is 23.6 Å². The average Bonchev–Trinajstić information content (AvgIpc) is 2.80. The summed E-state index contributed by atoms with van der Waals surface area (Å²) in [5.41, 5.74) is 4.35. The van der Waals surface area contributed by atoms with Crippen molar-refractivity contribution >= 4 is 35.4 Å². The number of rotatable bonds is 8. The van der Waals surface area contributed by atoms with Crippen LogP contribution in [-0.2, 0) is 4.79 Å². The maximum absolute atomic E-state index is 12.3. The summed E-state index contributed by atoms with van der Waals surface area (Å²) in [7, 11) is 0. The van der Waals surface area contributed by atoms with E-state index >= 15 is 0 Å². The van der Waals surface area contributed by atoms with E-state index in [9.17, 15) is 19.7 Å². The molecule has 0 heterocycles. The fraction of sp³-hybridized carbons (Fsp3) is 0.125. The second-order valence-corrected chi connectivity index (χ2v) is 7.62. The van der Waals surface area contributed by atoms with Gasteiger partial charge in [0.2, 0.25) is 0 Å². The number of carbonyl (C=O) groups is 2. The molecule has 1 N–H and O–H groups in total. The summed E-state index contributed by atoms with van der Waals surface area (Å²) in [6.45, 7) is 3.17. The van der Waals surface area contributed by atoms with E-state index < -0.39 is 16.8 Å². The number of hydrogen-bond donors (Lipinski definition) is 1. The van der Waals surface area contributed by atoms with Gasteiger partial charge < -0.3 is 9.47 Å². The van der Waals surface area contributed by atoms with Gasteiger partial charge in [0.15, 0.2) is 6.61 Å². The van der Waals surface area contributed by atoms with E-state index in [1.54, 1.807) is 49.4 Å². The number of halogens is 1. The fourth-order valence-electron chi connectivity index (χ4n) is 2.84. The number of nitrogens with one attached hydrogen (secondary N) is 1. The zero-order valence-corrected chi connectivity index (χ0v) is 19.0. The first-order chi connectivity index (χ1) is 16.2. The van der Waals surface area contributed by atoms with E-state index in [2.05, 4.69) is 10.5 Å². The largest absolute Gasteiger partial charge is 0.484 e. The topological polar surface area (TPSA) is 120 Å². The molecule has 0 bridgehead atoms. The summed E-state index contributed by atoms with van der Waals surface area (Å²) < 4.78 is 10.7. The Morgan fingerprint density at radius 2 is 1.74 bits per heavy atom. The molecule has 3 aromatic carbocycles.